The second kappa shape index (κ2) is 4.48. The molecule has 3 N–H and O–H groups in total. The fourth-order valence-electron chi connectivity index (χ4n) is 2.11. The summed E-state index contributed by atoms with van der Waals surface area (Å²) in [5, 5.41) is 3.34. The summed E-state index contributed by atoms with van der Waals surface area (Å²) in [6, 6.07) is 3.06. The van der Waals surface area contributed by atoms with Crippen LogP contribution in [0.5, 0.6) is 0 Å². The molecule has 0 unspecified atom stereocenters. The Kier molecular flexibility index (Phi) is 3.34. The Bertz CT molecular complexity index is 428. The molecule has 1 aromatic rings. The summed E-state index contributed by atoms with van der Waals surface area (Å²) < 4.78 is 13.7. The van der Waals surface area contributed by atoms with Gasteiger partial charge in [0.25, 0.3) is 0 Å². The Balaban J connectivity index is 2.07. The lowest BCUT2D eigenvalue weighted by atomic mass is 9.92. The van der Waals surface area contributed by atoms with Gasteiger partial charge in [-0.3, -0.25) is 0 Å². The van der Waals surface area contributed by atoms with Crippen LogP contribution in [0.15, 0.2) is 16.6 Å². The van der Waals surface area contributed by atoms with Gasteiger partial charge in [-0.1, -0.05) is 13.8 Å². The average Bonchev–Trinajstić information content (AvgIpc) is 3.02. The highest BCUT2D eigenvalue weighted by molar-refractivity contribution is 9.10. The van der Waals surface area contributed by atoms with Gasteiger partial charge in [0.2, 0.25) is 0 Å². The summed E-state index contributed by atoms with van der Waals surface area (Å²) >= 11 is 3.17. The fourth-order valence-corrected chi connectivity index (χ4v) is 2.45. The van der Waals surface area contributed by atoms with E-state index in [0.29, 0.717) is 21.5 Å². The molecule has 0 bridgehead atoms. The smallest absolute Gasteiger partial charge is 0.139 e. The van der Waals surface area contributed by atoms with Crippen LogP contribution in [0.4, 0.5) is 15.8 Å². The summed E-state index contributed by atoms with van der Waals surface area (Å²) in [6.45, 7) is 5.41. The first kappa shape index (κ1) is 12.7. The second-order valence-corrected chi connectivity index (χ2v) is 6.08. The number of hydrogen-bond acceptors (Lipinski definition) is 2. The fraction of sp³-hybridized carbons (Fsp3) is 0.538. The highest BCUT2D eigenvalue weighted by atomic mass is 79.9. The maximum Gasteiger partial charge on any atom is 0.139 e. The first-order valence-electron chi connectivity index (χ1n) is 5.93. The van der Waals surface area contributed by atoms with Crippen LogP contribution in [0.1, 0.15) is 26.7 Å². The molecule has 0 aliphatic heterocycles. The molecule has 1 fully saturated rings. The maximum absolute atomic E-state index is 13.2. The molecule has 0 saturated heterocycles. The number of benzene rings is 1. The molecule has 17 heavy (non-hydrogen) atoms. The predicted molar refractivity (Wildman–Crippen MR) is 73.5 cm³/mol. The van der Waals surface area contributed by atoms with E-state index >= 15 is 0 Å². The number of hydrogen-bond donors (Lipinski definition) is 2. The zero-order chi connectivity index (χ0) is 12.6. The number of anilines is 2. The van der Waals surface area contributed by atoms with E-state index < -0.39 is 0 Å². The second-order valence-electron chi connectivity index (χ2n) is 5.22. The van der Waals surface area contributed by atoms with Crippen LogP contribution >= 0.6 is 15.9 Å². The van der Waals surface area contributed by atoms with Crippen LogP contribution in [0, 0.1) is 17.2 Å². The van der Waals surface area contributed by atoms with Crippen LogP contribution in [-0.4, -0.2) is 6.54 Å². The van der Waals surface area contributed by atoms with Gasteiger partial charge in [-0.25, -0.2) is 4.39 Å². The number of rotatable bonds is 4. The van der Waals surface area contributed by atoms with E-state index in [9.17, 15) is 4.39 Å². The molecular weight excluding hydrogens is 283 g/mol. The highest BCUT2D eigenvalue weighted by Crippen LogP contribution is 2.51. The van der Waals surface area contributed by atoms with Crippen molar-refractivity contribution < 1.29 is 4.39 Å². The van der Waals surface area contributed by atoms with Crippen molar-refractivity contribution in [2.24, 2.45) is 11.3 Å². The van der Waals surface area contributed by atoms with Gasteiger partial charge < -0.3 is 11.1 Å². The van der Waals surface area contributed by atoms with E-state index in [4.69, 9.17) is 5.73 Å². The van der Waals surface area contributed by atoms with Crippen LogP contribution in [0.2, 0.25) is 0 Å². The molecule has 2 nitrogen and oxygen atoms in total. The summed E-state index contributed by atoms with van der Waals surface area (Å²) in [5.41, 5.74) is 7.48. The molecule has 94 valence electrons. The Labute approximate surface area is 110 Å². The van der Waals surface area contributed by atoms with Crippen molar-refractivity contribution in [1.29, 1.82) is 0 Å². The quantitative estimate of drug-likeness (QED) is 0.824. The van der Waals surface area contributed by atoms with Gasteiger partial charge in [-0.05, 0) is 46.2 Å². The third kappa shape index (κ3) is 2.57. The predicted octanol–water partition coefficient (Wildman–Crippen LogP) is 4.02. The first-order valence-corrected chi connectivity index (χ1v) is 6.72. The number of nitrogens with two attached hydrogens (primary N) is 1. The molecule has 0 amide bonds. The minimum atomic E-state index is -0.321. The van der Waals surface area contributed by atoms with Crippen molar-refractivity contribution in [2.75, 3.05) is 17.6 Å². The third-order valence-electron chi connectivity index (χ3n) is 3.84. The van der Waals surface area contributed by atoms with E-state index in [2.05, 4.69) is 35.1 Å². The van der Waals surface area contributed by atoms with Crippen LogP contribution in [0.25, 0.3) is 0 Å². The zero-order valence-electron chi connectivity index (χ0n) is 10.2. The lowest BCUT2D eigenvalue weighted by Gasteiger charge is -2.21. The average molecular weight is 301 g/mol. The molecule has 0 heterocycles. The summed E-state index contributed by atoms with van der Waals surface area (Å²) in [6.07, 6.45) is 2.53. The van der Waals surface area contributed by atoms with Gasteiger partial charge in [0.15, 0.2) is 0 Å². The Hall–Kier alpha value is -0.770. The van der Waals surface area contributed by atoms with Crippen LogP contribution in [0.3, 0.4) is 0 Å². The van der Waals surface area contributed by atoms with E-state index in [-0.39, 0.29) is 5.82 Å². The number of nitrogens with one attached hydrogen (secondary N) is 1. The number of halogens is 2. The zero-order valence-corrected chi connectivity index (χ0v) is 11.8. The molecule has 0 atom stereocenters. The maximum atomic E-state index is 13.2. The largest absolute Gasteiger partial charge is 0.397 e. The van der Waals surface area contributed by atoms with Crippen LogP contribution in [-0.2, 0) is 0 Å². The minimum Gasteiger partial charge on any atom is -0.397 e. The molecule has 0 radical (unpaired) electrons. The van der Waals surface area contributed by atoms with Crippen LogP contribution < -0.4 is 11.1 Å². The van der Waals surface area contributed by atoms with E-state index in [1.54, 1.807) is 6.07 Å². The SMILES string of the molecule is CC(C)C1(CNc2cc(Br)c(F)cc2N)CC1. The molecule has 1 aliphatic carbocycles. The summed E-state index contributed by atoms with van der Waals surface area (Å²) in [4.78, 5) is 0. The lowest BCUT2D eigenvalue weighted by Crippen LogP contribution is -2.21. The van der Waals surface area contributed by atoms with Gasteiger partial charge in [-0.15, -0.1) is 0 Å². The minimum absolute atomic E-state index is 0.321. The standard InChI is InChI=1S/C13H18BrFN2/c1-8(2)13(3-4-13)7-17-12-5-9(14)10(15)6-11(12)16/h5-6,8,17H,3-4,7,16H2,1-2H3. The number of nitrogen functional groups attached to an aromatic ring is 1. The topological polar surface area (TPSA) is 38.0 Å². The molecule has 2 rings (SSSR count). The van der Waals surface area contributed by atoms with Gasteiger partial charge >= 0.3 is 0 Å². The molecular formula is C13H18BrFN2. The van der Waals surface area contributed by atoms with Gasteiger partial charge in [0.1, 0.15) is 5.82 Å². The van der Waals surface area contributed by atoms with Crippen molar-refractivity contribution in [3.63, 3.8) is 0 Å². The Morgan fingerprint density at radius 3 is 2.65 bits per heavy atom. The molecule has 1 aromatic carbocycles. The van der Waals surface area contributed by atoms with E-state index in [1.165, 1.54) is 18.9 Å². The van der Waals surface area contributed by atoms with Gasteiger partial charge in [-0.2, -0.15) is 0 Å². The van der Waals surface area contributed by atoms with Crippen molar-refractivity contribution in [2.45, 2.75) is 26.7 Å². The highest BCUT2D eigenvalue weighted by Gasteiger charge is 2.44. The van der Waals surface area contributed by atoms with E-state index in [0.717, 1.165) is 12.2 Å². The summed E-state index contributed by atoms with van der Waals surface area (Å²) in [7, 11) is 0. The molecule has 4 heteroatoms. The van der Waals surface area contributed by atoms with Gasteiger partial charge in [0, 0.05) is 12.6 Å². The Morgan fingerprint density at radius 1 is 1.47 bits per heavy atom. The summed E-state index contributed by atoms with van der Waals surface area (Å²) in [5.74, 6) is 0.346. The van der Waals surface area contributed by atoms with Crippen molar-refractivity contribution >= 4 is 27.3 Å². The Morgan fingerprint density at radius 2 is 2.12 bits per heavy atom. The molecule has 0 aromatic heterocycles. The normalized spacial score (nSPS) is 17.2. The lowest BCUT2D eigenvalue weighted by molar-refractivity contribution is 0.380. The molecule has 1 aliphatic rings. The molecule has 0 spiro atoms. The van der Waals surface area contributed by atoms with Crippen molar-refractivity contribution in [3.05, 3.63) is 22.4 Å². The first-order chi connectivity index (χ1) is 7.94. The van der Waals surface area contributed by atoms with Crippen molar-refractivity contribution in [3.8, 4) is 0 Å². The van der Waals surface area contributed by atoms with E-state index in [1.807, 2.05) is 0 Å². The van der Waals surface area contributed by atoms with Crippen molar-refractivity contribution in [1.82, 2.24) is 0 Å². The third-order valence-corrected chi connectivity index (χ3v) is 4.45. The monoisotopic (exact) mass is 300 g/mol. The molecule has 1 saturated carbocycles. The van der Waals surface area contributed by atoms with Gasteiger partial charge in [0.05, 0.1) is 15.8 Å².